The van der Waals surface area contributed by atoms with Crippen molar-refractivity contribution in [2.45, 2.75) is 20.4 Å². The summed E-state index contributed by atoms with van der Waals surface area (Å²) in [6.45, 7) is 4.01. The maximum atomic E-state index is 13.1. The molecule has 8 heteroatoms. The Bertz CT molecular complexity index is 1590. The van der Waals surface area contributed by atoms with Crippen LogP contribution in [0.25, 0.3) is 31.7 Å². The van der Waals surface area contributed by atoms with Gasteiger partial charge in [0.2, 0.25) is 5.91 Å². The van der Waals surface area contributed by atoms with Crippen molar-refractivity contribution < 1.29 is 4.79 Å². The van der Waals surface area contributed by atoms with E-state index >= 15 is 0 Å². The number of rotatable bonds is 4. The molecule has 0 bridgehead atoms. The number of carbonyl (C=O) groups excluding carboxylic acids is 1. The maximum Gasteiger partial charge on any atom is 0.271 e. The monoisotopic (exact) mass is 474 g/mol. The molecule has 3 heterocycles. The number of carbonyl (C=O) groups is 1. The number of nitrogens with one attached hydrogen (secondary N) is 1. The van der Waals surface area contributed by atoms with Crippen molar-refractivity contribution >= 4 is 55.0 Å². The zero-order valence-corrected chi connectivity index (χ0v) is 19.5. The fraction of sp³-hybridized carbons (Fsp3) is 0.120. The molecular weight excluding hydrogens is 456 g/mol. The normalized spacial score (nSPS) is 11.2. The van der Waals surface area contributed by atoms with Crippen LogP contribution in [0.1, 0.15) is 11.1 Å². The summed E-state index contributed by atoms with van der Waals surface area (Å²) < 4.78 is 1.80. The molecule has 0 radical (unpaired) electrons. The van der Waals surface area contributed by atoms with E-state index in [9.17, 15) is 9.59 Å². The highest BCUT2D eigenvalue weighted by Gasteiger charge is 2.15. The molecule has 0 fully saturated rings. The van der Waals surface area contributed by atoms with Gasteiger partial charge in [0, 0.05) is 21.7 Å². The molecule has 6 nitrogen and oxygen atoms in total. The van der Waals surface area contributed by atoms with Crippen LogP contribution in [-0.2, 0) is 11.3 Å². The van der Waals surface area contributed by atoms with Gasteiger partial charge in [0.1, 0.15) is 16.1 Å². The lowest BCUT2D eigenvalue weighted by Crippen LogP contribution is -2.27. The van der Waals surface area contributed by atoms with Gasteiger partial charge in [-0.3, -0.25) is 14.2 Å². The molecule has 0 aliphatic rings. The van der Waals surface area contributed by atoms with E-state index in [4.69, 9.17) is 16.6 Å². The van der Waals surface area contributed by atoms with E-state index in [2.05, 4.69) is 36.3 Å². The SMILES string of the molecule is Cc1ccc(-c2ccc3c(n2)sc2c(=O)n(CC(=O)Nc4ccc(Cl)cc4)cnc23)cc1C. The summed E-state index contributed by atoms with van der Waals surface area (Å²) in [6.07, 6.45) is 1.41. The van der Waals surface area contributed by atoms with E-state index in [1.54, 1.807) is 24.3 Å². The third kappa shape index (κ3) is 4.13. The molecule has 5 rings (SSSR count). The molecule has 0 saturated carbocycles. The molecule has 2 aromatic carbocycles. The van der Waals surface area contributed by atoms with Gasteiger partial charge in [-0.25, -0.2) is 9.97 Å². The van der Waals surface area contributed by atoms with Crippen molar-refractivity contribution in [2.75, 3.05) is 5.32 Å². The molecule has 164 valence electrons. The first-order valence-electron chi connectivity index (χ1n) is 10.3. The van der Waals surface area contributed by atoms with Gasteiger partial charge in [0.25, 0.3) is 5.56 Å². The highest BCUT2D eigenvalue weighted by atomic mass is 35.5. The van der Waals surface area contributed by atoms with Crippen molar-refractivity contribution in [3.63, 3.8) is 0 Å². The second-order valence-electron chi connectivity index (χ2n) is 7.86. The Morgan fingerprint density at radius 3 is 2.61 bits per heavy atom. The van der Waals surface area contributed by atoms with Gasteiger partial charge < -0.3 is 5.32 Å². The second-order valence-corrected chi connectivity index (χ2v) is 9.30. The van der Waals surface area contributed by atoms with Gasteiger partial charge in [0.15, 0.2) is 0 Å². The minimum Gasteiger partial charge on any atom is -0.325 e. The topological polar surface area (TPSA) is 76.9 Å². The van der Waals surface area contributed by atoms with Crippen LogP contribution < -0.4 is 10.9 Å². The Kier molecular flexibility index (Phi) is 5.44. The van der Waals surface area contributed by atoms with Crippen LogP contribution in [0, 0.1) is 13.8 Å². The summed E-state index contributed by atoms with van der Waals surface area (Å²) in [6, 6.07) is 16.9. The molecule has 3 aromatic heterocycles. The van der Waals surface area contributed by atoms with Crippen molar-refractivity contribution in [3.8, 4) is 11.3 Å². The zero-order valence-electron chi connectivity index (χ0n) is 17.9. The molecule has 33 heavy (non-hydrogen) atoms. The van der Waals surface area contributed by atoms with Crippen LogP contribution in [0.15, 0.2) is 65.7 Å². The number of amides is 1. The van der Waals surface area contributed by atoms with E-state index in [1.165, 1.54) is 33.4 Å². The average Bonchev–Trinajstić information content (AvgIpc) is 3.18. The Labute approximate surface area is 198 Å². The third-order valence-corrected chi connectivity index (χ3v) is 6.88. The first-order valence-corrected chi connectivity index (χ1v) is 11.5. The predicted molar refractivity (Wildman–Crippen MR) is 134 cm³/mol. The number of pyridine rings is 1. The lowest BCUT2D eigenvalue weighted by Gasteiger charge is -2.07. The number of aromatic nitrogens is 3. The van der Waals surface area contributed by atoms with Crippen LogP contribution in [-0.4, -0.2) is 20.4 Å². The summed E-state index contributed by atoms with van der Waals surface area (Å²) in [5.74, 6) is -0.322. The van der Waals surface area contributed by atoms with Gasteiger partial charge in [-0.15, -0.1) is 11.3 Å². The molecule has 1 amide bonds. The van der Waals surface area contributed by atoms with Crippen molar-refractivity contribution in [2.24, 2.45) is 0 Å². The summed E-state index contributed by atoms with van der Waals surface area (Å²) in [7, 11) is 0. The van der Waals surface area contributed by atoms with Crippen molar-refractivity contribution in [1.29, 1.82) is 0 Å². The summed E-state index contributed by atoms with van der Waals surface area (Å²) in [5.41, 5.74) is 5.26. The van der Waals surface area contributed by atoms with Crippen LogP contribution in [0.2, 0.25) is 5.02 Å². The van der Waals surface area contributed by atoms with E-state index < -0.39 is 0 Å². The number of nitrogens with zero attached hydrogens (tertiary/aromatic N) is 3. The number of aryl methyl sites for hydroxylation is 2. The summed E-state index contributed by atoms with van der Waals surface area (Å²) in [5, 5.41) is 4.17. The Balaban J connectivity index is 1.47. The average molecular weight is 475 g/mol. The molecule has 0 unspecified atom stereocenters. The summed E-state index contributed by atoms with van der Waals surface area (Å²) >= 11 is 7.17. The Hall–Kier alpha value is -3.55. The second kappa shape index (κ2) is 8.42. The highest BCUT2D eigenvalue weighted by molar-refractivity contribution is 7.25. The van der Waals surface area contributed by atoms with Gasteiger partial charge in [0.05, 0.1) is 17.5 Å². The van der Waals surface area contributed by atoms with Gasteiger partial charge >= 0.3 is 0 Å². The highest BCUT2D eigenvalue weighted by Crippen LogP contribution is 2.31. The fourth-order valence-corrected chi connectivity index (χ4v) is 4.81. The number of benzene rings is 2. The smallest absolute Gasteiger partial charge is 0.271 e. The van der Waals surface area contributed by atoms with Crippen LogP contribution in [0.4, 0.5) is 5.69 Å². The number of hydrogen-bond acceptors (Lipinski definition) is 5. The quantitative estimate of drug-likeness (QED) is 0.368. The first kappa shape index (κ1) is 21.3. The minimum absolute atomic E-state index is 0.139. The Morgan fingerprint density at radius 2 is 1.85 bits per heavy atom. The largest absolute Gasteiger partial charge is 0.325 e. The molecule has 0 spiro atoms. The zero-order chi connectivity index (χ0) is 23.1. The van der Waals surface area contributed by atoms with E-state index in [0.29, 0.717) is 20.9 Å². The molecule has 0 aliphatic carbocycles. The van der Waals surface area contributed by atoms with Gasteiger partial charge in [-0.2, -0.15) is 0 Å². The lowest BCUT2D eigenvalue weighted by molar-refractivity contribution is -0.116. The molecule has 0 aliphatic heterocycles. The minimum atomic E-state index is -0.322. The Morgan fingerprint density at radius 1 is 1.06 bits per heavy atom. The van der Waals surface area contributed by atoms with E-state index in [-0.39, 0.29) is 18.0 Å². The molecule has 0 saturated heterocycles. The van der Waals surface area contributed by atoms with Gasteiger partial charge in [-0.05, 0) is 67.4 Å². The van der Waals surface area contributed by atoms with Crippen LogP contribution in [0.5, 0.6) is 0 Å². The van der Waals surface area contributed by atoms with Gasteiger partial charge in [-0.1, -0.05) is 23.7 Å². The number of fused-ring (bicyclic) bond motifs is 3. The van der Waals surface area contributed by atoms with Crippen molar-refractivity contribution in [1.82, 2.24) is 14.5 Å². The first-order chi connectivity index (χ1) is 15.9. The number of anilines is 1. The lowest BCUT2D eigenvalue weighted by atomic mass is 10.0. The standard InChI is InChI=1S/C25H19ClN4O2S/c1-14-3-4-16(11-15(14)2)20-10-9-19-22-23(33-24(19)29-20)25(32)30(13-27-22)12-21(31)28-18-7-5-17(26)6-8-18/h3-11,13H,12H2,1-2H3,(H,28,31). The maximum absolute atomic E-state index is 13.1. The fourth-order valence-electron chi connectivity index (χ4n) is 3.61. The number of halogens is 1. The third-order valence-electron chi connectivity index (χ3n) is 5.56. The summed E-state index contributed by atoms with van der Waals surface area (Å²) in [4.78, 5) is 35.5. The van der Waals surface area contributed by atoms with Crippen LogP contribution in [0.3, 0.4) is 0 Å². The molecule has 0 atom stereocenters. The molecule has 5 aromatic rings. The van der Waals surface area contributed by atoms with E-state index in [1.807, 2.05) is 18.2 Å². The molecular formula is C25H19ClN4O2S. The number of hydrogen-bond donors (Lipinski definition) is 1. The molecule has 1 N–H and O–H groups in total. The van der Waals surface area contributed by atoms with E-state index in [0.717, 1.165) is 21.5 Å². The predicted octanol–water partition coefficient (Wildman–Crippen LogP) is 5.58. The number of thiophene rings is 1. The van der Waals surface area contributed by atoms with Crippen LogP contribution >= 0.6 is 22.9 Å². The van der Waals surface area contributed by atoms with Crippen molar-refractivity contribution in [3.05, 3.63) is 87.4 Å².